The molecule has 0 heteroatoms. The van der Waals surface area contributed by atoms with Crippen molar-refractivity contribution >= 4 is 5.57 Å². The number of benzene rings is 1. The summed E-state index contributed by atoms with van der Waals surface area (Å²) >= 11 is 0. The van der Waals surface area contributed by atoms with Crippen molar-refractivity contribution in [2.75, 3.05) is 0 Å². The van der Waals surface area contributed by atoms with E-state index in [4.69, 9.17) is 0 Å². The molecule has 0 fully saturated rings. The molecule has 0 N–H and O–H groups in total. The van der Waals surface area contributed by atoms with Crippen molar-refractivity contribution in [3.63, 3.8) is 0 Å². The summed E-state index contributed by atoms with van der Waals surface area (Å²) in [5.41, 5.74) is 11.3. The maximum atomic E-state index is 2.33. The van der Waals surface area contributed by atoms with Crippen LogP contribution >= 0.6 is 0 Å². The fraction of sp³-hybridized carbons (Fsp3) is 0.200. The van der Waals surface area contributed by atoms with Gasteiger partial charge in [0.15, 0.2) is 0 Å². The third-order valence-electron chi connectivity index (χ3n) is 4.39. The molecule has 0 spiro atoms. The van der Waals surface area contributed by atoms with Crippen molar-refractivity contribution in [1.82, 2.24) is 0 Å². The minimum atomic E-state index is 0.767. The maximum Gasteiger partial charge on any atom is 0.0148 e. The molecule has 0 radical (unpaired) electrons. The number of fused-ring (bicyclic) bond motifs is 6. The van der Waals surface area contributed by atoms with E-state index in [9.17, 15) is 0 Å². The first-order valence-corrected chi connectivity index (χ1v) is 5.70. The lowest BCUT2D eigenvalue weighted by Gasteiger charge is -2.29. The topological polar surface area (TPSA) is 0 Å². The molecular formula is C15H10. The maximum absolute atomic E-state index is 2.33. The molecule has 0 saturated carbocycles. The van der Waals surface area contributed by atoms with Crippen molar-refractivity contribution in [2.45, 2.75) is 18.8 Å². The molecule has 0 aromatic heterocycles. The van der Waals surface area contributed by atoms with Crippen LogP contribution in [-0.4, -0.2) is 0 Å². The molecule has 0 aliphatic heterocycles. The third-order valence-corrected chi connectivity index (χ3v) is 4.39. The van der Waals surface area contributed by atoms with Crippen LogP contribution in [0.15, 0.2) is 47.1 Å². The summed E-state index contributed by atoms with van der Waals surface area (Å²) in [6.07, 6.45) is 7.15. The van der Waals surface area contributed by atoms with Crippen molar-refractivity contribution in [2.24, 2.45) is 0 Å². The number of hydrogen-bond acceptors (Lipinski definition) is 0. The Morgan fingerprint density at radius 1 is 1.07 bits per heavy atom. The predicted molar refractivity (Wildman–Crippen MR) is 60.6 cm³/mol. The van der Waals surface area contributed by atoms with Gasteiger partial charge in [0.05, 0.1) is 0 Å². The van der Waals surface area contributed by atoms with Crippen LogP contribution in [0.4, 0.5) is 0 Å². The minimum absolute atomic E-state index is 0.767. The van der Waals surface area contributed by atoms with E-state index in [0.29, 0.717) is 0 Å². The first-order chi connectivity index (χ1) is 7.43. The smallest absolute Gasteiger partial charge is 0.0148 e. The van der Waals surface area contributed by atoms with Gasteiger partial charge in [-0.1, -0.05) is 30.4 Å². The summed E-state index contributed by atoms with van der Waals surface area (Å²) in [7, 11) is 0. The molecule has 4 aliphatic rings. The van der Waals surface area contributed by atoms with E-state index < -0.39 is 0 Å². The summed E-state index contributed by atoms with van der Waals surface area (Å²) in [4.78, 5) is 0. The zero-order chi connectivity index (χ0) is 9.57. The van der Waals surface area contributed by atoms with E-state index in [1.165, 1.54) is 12.8 Å². The van der Waals surface area contributed by atoms with Gasteiger partial charge in [-0.2, -0.15) is 0 Å². The second-order valence-electron chi connectivity index (χ2n) is 4.98. The van der Waals surface area contributed by atoms with Crippen LogP contribution in [0.3, 0.4) is 0 Å². The number of allylic oxidation sites excluding steroid dienone is 6. The lowest BCUT2D eigenvalue weighted by Crippen LogP contribution is -2.17. The number of hydrogen-bond donors (Lipinski definition) is 0. The first kappa shape index (κ1) is 6.84. The van der Waals surface area contributed by atoms with Gasteiger partial charge in [0.25, 0.3) is 0 Å². The second kappa shape index (κ2) is 1.88. The number of rotatable bonds is 0. The molecule has 0 heterocycles. The summed E-state index contributed by atoms with van der Waals surface area (Å²) in [6.45, 7) is 0. The van der Waals surface area contributed by atoms with Crippen LogP contribution in [0.1, 0.15) is 29.0 Å². The van der Waals surface area contributed by atoms with Crippen LogP contribution in [0.25, 0.3) is 5.57 Å². The van der Waals surface area contributed by atoms with Gasteiger partial charge in [-0.15, -0.1) is 0 Å². The quantitative estimate of drug-likeness (QED) is 0.550. The van der Waals surface area contributed by atoms with Crippen LogP contribution in [0.2, 0.25) is 0 Å². The molecule has 5 rings (SSSR count). The normalized spacial score (nSPS) is 27.3. The van der Waals surface area contributed by atoms with E-state index >= 15 is 0 Å². The molecule has 15 heavy (non-hydrogen) atoms. The Bertz CT molecular complexity index is 623. The second-order valence-corrected chi connectivity index (χ2v) is 4.98. The third kappa shape index (κ3) is 0.555. The Morgan fingerprint density at radius 2 is 2.00 bits per heavy atom. The van der Waals surface area contributed by atoms with E-state index in [0.717, 1.165) is 5.92 Å². The Morgan fingerprint density at radius 3 is 3.00 bits per heavy atom. The Hall–Kier alpha value is -1.56. The highest BCUT2D eigenvalue weighted by Crippen LogP contribution is 2.61. The molecule has 70 valence electrons. The Balaban J connectivity index is 1.94. The van der Waals surface area contributed by atoms with Gasteiger partial charge < -0.3 is 0 Å². The summed E-state index contributed by atoms with van der Waals surface area (Å²) in [5, 5.41) is 0. The summed E-state index contributed by atoms with van der Waals surface area (Å²) in [5.74, 6) is 0.767. The molecule has 2 bridgehead atoms. The van der Waals surface area contributed by atoms with Gasteiger partial charge in [-0.05, 0) is 51.8 Å². The molecule has 1 aromatic carbocycles. The lowest BCUT2D eigenvalue weighted by molar-refractivity contribution is 0.714. The Labute approximate surface area is 88.6 Å². The SMILES string of the molecule is C1=C2CC(=C1)C1=C2c2cccc3c2C1C3. The van der Waals surface area contributed by atoms with Crippen molar-refractivity contribution in [1.29, 1.82) is 0 Å². The first-order valence-electron chi connectivity index (χ1n) is 5.70. The van der Waals surface area contributed by atoms with Gasteiger partial charge in [0, 0.05) is 5.92 Å². The highest BCUT2D eigenvalue weighted by molar-refractivity contribution is 5.98. The molecule has 1 atom stereocenters. The molecule has 1 unspecified atom stereocenters. The van der Waals surface area contributed by atoms with Crippen molar-refractivity contribution in [3.05, 3.63) is 63.8 Å². The van der Waals surface area contributed by atoms with E-state index in [2.05, 4.69) is 30.4 Å². The lowest BCUT2D eigenvalue weighted by atomic mass is 9.74. The summed E-state index contributed by atoms with van der Waals surface area (Å²) in [6, 6.07) is 6.83. The van der Waals surface area contributed by atoms with E-state index in [1.807, 2.05) is 0 Å². The molecule has 0 amide bonds. The molecule has 0 saturated heterocycles. The Kier molecular flexibility index (Phi) is 0.856. The molecule has 4 aliphatic carbocycles. The van der Waals surface area contributed by atoms with Crippen LogP contribution in [0.5, 0.6) is 0 Å². The highest BCUT2D eigenvalue weighted by atomic mass is 14.5. The minimum Gasteiger partial charge on any atom is -0.0614 e. The monoisotopic (exact) mass is 190 g/mol. The molecular weight excluding hydrogens is 180 g/mol. The van der Waals surface area contributed by atoms with Crippen LogP contribution < -0.4 is 0 Å². The van der Waals surface area contributed by atoms with Gasteiger partial charge in [-0.25, -0.2) is 0 Å². The zero-order valence-electron chi connectivity index (χ0n) is 8.38. The van der Waals surface area contributed by atoms with Crippen LogP contribution in [0, 0.1) is 0 Å². The zero-order valence-corrected chi connectivity index (χ0v) is 8.38. The van der Waals surface area contributed by atoms with Gasteiger partial charge in [-0.3, -0.25) is 0 Å². The van der Waals surface area contributed by atoms with Crippen molar-refractivity contribution in [3.8, 4) is 0 Å². The van der Waals surface area contributed by atoms with Crippen molar-refractivity contribution < 1.29 is 0 Å². The average molecular weight is 190 g/mol. The fourth-order valence-corrected chi connectivity index (χ4v) is 3.79. The van der Waals surface area contributed by atoms with Crippen LogP contribution in [-0.2, 0) is 6.42 Å². The largest absolute Gasteiger partial charge is 0.0614 e. The summed E-state index contributed by atoms with van der Waals surface area (Å²) < 4.78 is 0. The highest BCUT2D eigenvalue weighted by Gasteiger charge is 2.45. The fourth-order valence-electron chi connectivity index (χ4n) is 3.79. The van der Waals surface area contributed by atoms with E-state index in [1.54, 1.807) is 39.0 Å². The van der Waals surface area contributed by atoms with Gasteiger partial charge in [0.2, 0.25) is 0 Å². The van der Waals surface area contributed by atoms with E-state index in [-0.39, 0.29) is 0 Å². The molecule has 1 aromatic rings. The predicted octanol–water partition coefficient (Wildman–Crippen LogP) is 3.36. The van der Waals surface area contributed by atoms with Gasteiger partial charge in [0.1, 0.15) is 0 Å². The average Bonchev–Trinajstić information content (AvgIpc) is 2.82. The van der Waals surface area contributed by atoms with Gasteiger partial charge >= 0.3 is 0 Å². The standard InChI is InChI=1S/C15H10/c1-2-8-7-12-13(8)11(3-1)14-9-4-5-10(6-9)15(12)14/h1-5,12H,6-7H2. The molecule has 0 nitrogen and oxygen atoms in total.